The van der Waals surface area contributed by atoms with Crippen molar-refractivity contribution in [2.45, 2.75) is 17.8 Å². The molecule has 0 spiro atoms. The summed E-state index contributed by atoms with van der Waals surface area (Å²) in [6, 6.07) is 11.6. The maximum absolute atomic E-state index is 13.4. The number of hydrogen-bond donors (Lipinski definition) is 0. The van der Waals surface area contributed by atoms with E-state index in [0.29, 0.717) is 51.2 Å². The minimum Gasteiger partial charge on any atom is -0.493 e. The van der Waals surface area contributed by atoms with E-state index in [4.69, 9.17) is 33.4 Å². The third-order valence-electron chi connectivity index (χ3n) is 7.01. The van der Waals surface area contributed by atoms with Gasteiger partial charge in [-0.3, -0.25) is 4.99 Å². The lowest BCUT2D eigenvalue weighted by Gasteiger charge is -2.38. The second-order valence-electron chi connectivity index (χ2n) is 9.03. The van der Waals surface area contributed by atoms with E-state index >= 15 is 0 Å². The van der Waals surface area contributed by atoms with Crippen molar-refractivity contribution in [2.75, 3.05) is 49.7 Å². The number of likely N-dealkylation sites (N-methyl/N-ethyl adjacent to an activating group) is 1. The molecule has 0 fully saturated rings. The molecule has 0 N–H and O–H groups in total. The van der Waals surface area contributed by atoms with Crippen molar-refractivity contribution in [3.05, 3.63) is 70.8 Å². The SMILES string of the molecule is COc1cc(C2(c3cc(OC)c(OC)c(OC)c3)N=CN(C)C2c2ccc(C(F)(F)F)cc2)cc(OC)c1OC. The van der Waals surface area contributed by atoms with Crippen molar-refractivity contribution in [3.63, 3.8) is 0 Å². The summed E-state index contributed by atoms with van der Waals surface area (Å²) in [4.78, 5) is 6.85. The van der Waals surface area contributed by atoms with E-state index in [1.165, 1.54) is 54.8 Å². The number of methoxy groups -OCH3 is 6. The lowest BCUT2D eigenvalue weighted by Crippen LogP contribution is -2.36. The Morgan fingerprint density at radius 1 is 0.675 bits per heavy atom. The summed E-state index contributed by atoms with van der Waals surface area (Å²) < 4.78 is 73.9. The number of benzene rings is 3. The summed E-state index contributed by atoms with van der Waals surface area (Å²) in [6.07, 6.45) is -2.82. The predicted molar refractivity (Wildman–Crippen MR) is 143 cm³/mol. The molecule has 1 unspecified atom stereocenters. The zero-order valence-corrected chi connectivity index (χ0v) is 23.3. The highest BCUT2D eigenvalue weighted by molar-refractivity contribution is 5.69. The van der Waals surface area contributed by atoms with Crippen LogP contribution in [0.25, 0.3) is 0 Å². The zero-order chi connectivity index (χ0) is 29.2. The molecule has 0 saturated carbocycles. The standard InChI is InChI=1S/C29H31F3N2O6/c1-34-16-33-28(19-12-21(35-2)25(39-6)22(13-19)36-3,20-14-23(37-4)26(40-7)24(15-20)38-5)27(34)17-8-10-18(11-9-17)29(30,31)32/h8-16,27H,1-7H3. The van der Waals surface area contributed by atoms with Gasteiger partial charge in [0.05, 0.1) is 60.6 Å². The molecule has 0 bridgehead atoms. The molecule has 0 saturated heterocycles. The normalized spacial score (nSPS) is 16.1. The molecule has 0 amide bonds. The Morgan fingerprint density at radius 3 is 1.40 bits per heavy atom. The van der Waals surface area contributed by atoms with Crippen molar-refractivity contribution in [3.8, 4) is 34.5 Å². The molecule has 1 atom stereocenters. The van der Waals surface area contributed by atoms with Crippen LogP contribution in [-0.4, -0.2) is 60.9 Å². The minimum atomic E-state index is -4.47. The van der Waals surface area contributed by atoms with Crippen molar-refractivity contribution in [1.29, 1.82) is 0 Å². The number of halogens is 3. The van der Waals surface area contributed by atoms with E-state index in [2.05, 4.69) is 0 Å². The molecule has 3 aromatic carbocycles. The molecule has 1 aliphatic heterocycles. The highest BCUT2D eigenvalue weighted by atomic mass is 19.4. The number of rotatable bonds is 9. The van der Waals surface area contributed by atoms with Crippen LogP contribution in [0.15, 0.2) is 53.5 Å². The molecule has 11 heteroatoms. The van der Waals surface area contributed by atoms with Gasteiger partial charge in [-0.05, 0) is 53.1 Å². The second-order valence-corrected chi connectivity index (χ2v) is 9.03. The van der Waals surface area contributed by atoms with E-state index in [1.54, 1.807) is 30.6 Å². The molecule has 0 aromatic heterocycles. The van der Waals surface area contributed by atoms with E-state index in [0.717, 1.165) is 12.1 Å². The number of ether oxygens (including phenoxy) is 6. The fourth-order valence-corrected chi connectivity index (χ4v) is 5.18. The van der Waals surface area contributed by atoms with Crippen LogP contribution in [0.3, 0.4) is 0 Å². The first-order valence-electron chi connectivity index (χ1n) is 12.1. The number of alkyl halides is 3. The first-order chi connectivity index (χ1) is 19.1. The Bertz CT molecular complexity index is 1280. The monoisotopic (exact) mass is 560 g/mol. The fourth-order valence-electron chi connectivity index (χ4n) is 5.18. The lowest BCUT2D eigenvalue weighted by atomic mass is 9.74. The minimum absolute atomic E-state index is 0.384. The summed E-state index contributed by atoms with van der Waals surface area (Å²) in [6.45, 7) is 0. The van der Waals surface area contributed by atoms with Gasteiger partial charge in [-0.2, -0.15) is 13.2 Å². The molecule has 40 heavy (non-hydrogen) atoms. The molecule has 0 radical (unpaired) electrons. The van der Waals surface area contributed by atoms with Crippen molar-refractivity contribution < 1.29 is 41.6 Å². The van der Waals surface area contributed by atoms with Gasteiger partial charge in [-0.1, -0.05) is 12.1 Å². The van der Waals surface area contributed by atoms with Gasteiger partial charge in [0.2, 0.25) is 11.5 Å². The van der Waals surface area contributed by atoms with Gasteiger partial charge < -0.3 is 33.3 Å². The Hall–Kier alpha value is -4.28. The topological polar surface area (TPSA) is 71.0 Å². The van der Waals surface area contributed by atoms with Crippen LogP contribution < -0.4 is 28.4 Å². The molecule has 1 heterocycles. The van der Waals surface area contributed by atoms with Gasteiger partial charge in [-0.15, -0.1) is 0 Å². The first-order valence-corrected chi connectivity index (χ1v) is 12.1. The number of aliphatic imine (C=N–C) groups is 1. The van der Waals surface area contributed by atoms with Crippen LogP contribution >= 0.6 is 0 Å². The highest BCUT2D eigenvalue weighted by Gasteiger charge is 2.50. The zero-order valence-electron chi connectivity index (χ0n) is 23.3. The van der Waals surface area contributed by atoms with E-state index in [-0.39, 0.29) is 0 Å². The summed E-state index contributed by atoms with van der Waals surface area (Å²) >= 11 is 0. The molecular formula is C29H31F3N2O6. The summed E-state index contributed by atoms with van der Waals surface area (Å²) in [5.41, 5.74) is -0.128. The summed E-state index contributed by atoms with van der Waals surface area (Å²) in [5.74, 6) is 2.32. The number of hydrogen-bond acceptors (Lipinski definition) is 8. The van der Waals surface area contributed by atoms with Crippen LogP contribution in [-0.2, 0) is 11.7 Å². The third kappa shape index (κ3) is 4.69. The van der Waals surface area contributed by atoms with E-state index in [1.807, 2.05) is 11.9 Å². The maximum atomic E-state index is 13.4. The van der Waals surface area contributed by atoms with Crippen LogP contribution in [0.4, 0.5) is 13.2 Å². The maximum Gasteiger partial charge on any atom is 0.416 e. The van der Waals surface area contributed by atoms with E-state index < -0.39 is 23.3 Å². The first kappa shape index (κ1) is 28.7. The Balaban J connectivity index is 2.08. The molecular weight excluding hydrogens is 529 g/mol. The molecule has 1 aliphatic rings. The molecule has 4 rings (SSSR count). The molecule has 3 aromatic rings. The molecule has 8 nitrogen and oxygen atoms in total. The van der Waals surface area contributed by atoms with E-state index in [9.17, 15) is 13.2 Å². The summed E-state index contributed by atoms with van der Waals surface area (Å²) in [7, 11) is 10.8. The largest absolute Gasteiger partial charge is 0.493 e. The lowest BCUT2D eigenvalue weighted by molar-refractivity contribution is -0.137. The van der Waals surface area contributed by atoms with Gasteiger partial charge in [0, 0.05) is 7.05 Å². The second kappa shape index (κ2) is 11.1. The van der Waals surface area contributed by atoms with Crippen molar-refractivity contribution in [2.24, 2.45) is 4.99 Å². The Morgan fingerprint density at radius 2 is 1.07 bits per heavy atom. The van der Waals surface area contributed by atoms with Gasteiger partial charge in [0.25, 0.3) is 0 Å². The van der Waals surface area contributed by atoms with Crippen LogP contribution in [0.1, 0.15) is 28.3 Å². The predicted octanol–water partition coefficient (Wildman–Crippen LogP) is 5.72. The Labute approximate surface area is 230 Å². The van der Waals surface area contributed by atoms with Crippen LogP contribution in [0.2, 0.25) is 0 Å². The van der Waals surface area contributed by atoms with Crippen molar-refractivity contribution in [1.82, 2.24) is 4.90 Å². The van der Waals surface area contributed by atoms with Crippen LogP contribution in [0.5, 0.6) is 34.5 Å². The Kier molecular flexibility index (Phi) is 7.95. The number of nitrogens with zero attached hydrogens (tertiary/aromatic N) is 2. The fraction of sp³-hybridized carbons (Fsp3) is 0.345. The van der Waals surface area contributed by atoms with Crippen molar-refractivity contribution >= 4 is 6.34 Å². The van der Waals surface area contributed by atoms with Gasteiger partial charge in [-0.25, -0.2) is 0 Å². The van der Waals surface area contributed by atoms with Gasteiger partial charge >= 0.3 is 6.18 Å². The molecule has 214 valence electrons. The third-order valence-corrected chi connectivity index (χ3v) is 7.01. The average molecular weight is 561 g/mol. The average Bonchev–Trinajstić information content (AvgIpc) is 3.32. The van der Waals surface area contributed by atoms with Gasteiger partial charge in [0.1, 0.15) is 5.54 Å². The van der Waals surface area contributed by atoms with Crippen LogP contribution in [0, 0.1) is 0 Å². The summed E-state index contributed by atoms with van der Waals surface area (Å²) in [5, 5.41) is 0. The molecule has 0 aliphatic carbocycles. The highest BCUT2D eigenvalue weighted by Crippen LogP contribution is 2.55. The smallest absolute Gasteiger partial charge is 0.416 e. The van der Waals surface area contributed by atoms with Gasteiger partial charge in [0.15, 0.2) is 23.0 Å². The quantitative estimate of drug-likeness (QED) is 0.332.